The van der Waals surface area contributed by atoms with Crippen LogP contribution >= 0.6 is 11.6 Å². The van der Waals surface area contributed by atoms with Crippen LogP contribution < -0.4 is 5.32 Å². The number of halogens is 1. The highest BCUT2D eigenvalue weighted by Crippen LogP contribution is 2.24. The molecule has 2 aromatic rings. The molecule has 1 N–H and O–H groups in total. The Labute approximate surface area is 127 Å². The smallest absolute Gasteiger partial charge is 0.0408 e. The van der Waals surface area contributed by atoms with Gasteiger partial charge in [0.2, 0.25) is 0 Å². The molecule has 2 aromatic carbocycles. The van der Waals surface area contributed by atoms with Crippen LogP contribution in [0.2, 0.25) is 5.02 Å². The molecule has 0 saturated heterocycles. The van der Waals surface area contributed by atoms with Crippen LogP contribution in [0.3, 0.4) is 0 Å². The van der Waals surface area contributed by atoms with Crippen molar-refractivity contribution in [3.63, 3.8) is 0 Å². The van der Waals surface area contributed by atoms with E-state index in [1.165, 1.54) is 16.7 Å². The Morgan fingerprint density at radius 2 is 1.65 bits per heavy atom. The van der Waals surface area contributed by atoms with Gasteiger partial charge in [0, 0.05) is 17.3 Å². The van der Waals surface area contributed by atoms with Gasteiger partial charge in [-0.1, -0.05) is 50.6 Å². The van der Waals surface area contributed by atoms with E-state index in [9.17, 15) is 0 Å². The minimum Gasteiger partial charge on any atom is -0.381 e. The molecule has 0 spiro atoms. The van der Waals surface area contributed by atoms with E-state index in [-0.39, 0.29) is 5.41 Å². The maximum Gasteiger partial charge on any atom is 0.0408 e. The van der Waals surface area contributed by atoms with Crippen LogP contribution in [0.25, 0.3) is 0 Å². The van der Waals surface area contributed by atoms with Crippen LogP contribution in [0, 0.1) is 6.92 Å². The molecule has 2 heteroatoms. The molecular weight excluding hydrogens is 266 g/mol. The first kappa shape index (κ1) is 14.9. The van der Waals surface area contributed by atoms with Crippen LogP contribution in [-0.2, 0) is 12.0 Å². The highest BCUT2D eigenvalue weighted by atomic mass is 35.5. The summed E-state index contributed by atoms with van der Waals surface area (Å²) in [6, 6.07) is 14.7. The molecule has 0 radical (unpaired) electrons. The topological polar surface area (TPSA) is 12.0 Å². The van der Waals surface area contributed by atoms with Gasteiger partial charge in [-0.3, -0.25) is 0 Å². The number of rotatable bonds is 3. The molecule has 0 bridgehead atoms. The third-order valence-electron chi connectivity index (χ3n) is 3.54. The van der Waals surface area contributed by atoms with Gasteiger partial charge in [0.15, 0.2) is 0 Å². The lowest BCUT2D eigenvalue weighted by atomic mass is 9.87. The standard InChI is InChI=1S/C18H22ClN/c1-13-11-16(19)8-5-14(13)12-20-17-9-6-15(7-10-17)18(2,3)4/h5-11,20H,12H2,1-4H3. The Hall–Kier alpha value is -1.47. The summed E-state index contributed by atoms with van der Waals surface area (Å²) in [5.41, 5.74) is 5.19. The van der Waals surface area contributed by atoms with Crippen LogP contribution in [0.15, 0.2) is 42.5 Å². The fourth-order valence-electron chi connectivity index (χ4n) is 2.14. The maximum absolute atomic E-state index is 5.97. The second kappa shape index (κ2) is 5.88. The average molecular weight is 288 g/mol. The molecule has 1 nitrogen and oxygen atoms in total. The largest absolute Gasteiger partial charge is 0.381 e. The van der Waals surface area contributed by atoms with Crippen LogP contribution in [-0.4, -0.2) is 0 Å². The molecule has 0 aliphatic rings. The highest BCUT2D eigenvalue weighted by molar-refractivity contribution is 6.30. The second-order valence-corrected chi connectivity index (χ2v) is 6.69. The zero-order chi connectivity index (χ0) is 14.8. The summed E-state index contributed by atoms with van der Waals surface area (Å²) in [4.78, 5) is 0. The summed E-state index contributed by atoms with van der Waals surface area (Å²) in [6.45, 7) is 9.59. The molecule has 0 amide bonds. The van der Waals surface area contributed by atoms with Crippen molar-refractivity contribution in [2.45, 2.75) is 39.7 Å². The SMILES string of the molecule is Cc1cc(Cl)ccc1CNc1ccc(C(C)(C)C)cc1. The van der Waals surface area contributed by atoms with E-state index < -0.39 is 0 Å². The van der Waals surface area contributed by atoms with E-state index in [1.807, 2.05) is 12.1 Å². The molecule has 106 valence electrons. The number of benzene rings is 2. The molecular formula is C18H22ClN. The average Bonchev–Trinajstić information content (AvgIpc) is 2.37. The first-order valence-electron chi connectivity index (χ1n) is 6.96. The lowest BCUT2D eigenvalue weighted by Gasteiger charge is -2.19. The van der Waals surface area contributed by atoms with Crippen LogP contribution in [0.5, 0.6) is 0 Å². The minimum absolute atomic E-state index is 0.200. The molecule has 0 saturated carbocycles. The molecule has 0 aromatic heterocycles. The third-order valence-corrected chi connectivity index (χ3v) is 3.77. The van der Waals surface area contributed by atoms with Crippen molar-refractivity contribution < 1.29 is 0 Å². The van der Waals surface area contributed by atoms with Crippen molar-refractivity contribution in [1.29, 1.82) is 0 Å². The molecule has 2 rings (SSSR count). The number of hydrogen-bond donors (Lipinski definition) is 1. The zero-order valence-electron chi connectivity index (χ0n) is 12.6. The van der Waals surface area contributed by atoms with Crippen molar-refractivity contribution in [3.05, 3.63) is 64.2 Å². The molecule has 20 heavy (non-hydrogen) atoms. The van der Waals surface area contributed by atoms with Crippen molar-refractivity contribution in [1.82, 2.24) is 0 Å². The predicted molar refractivity (Wildman–Crippen MR) is 88.7 cm³/mol. The minimum atomic E-state index is 0.200. The molecule has 0 fully saturated rings. The van der Waals surface area contributed by atoms with Gasteiger partial charge in [-0.25, -0.2) is 0 Å². The number of nitrogens with one attached hydrogen (secondary N) is 1. The van der Waals surface area contributed by atoms with Gasteiger partial charge in [-0.05, 0) is 53.3 Å². The van der Waals surface area contributed by atoms with Crippen molar-refractivity contribution in [2.75, 3.05) is 5.32 Å². The fraction of sp³-hybridized carbons (Fsp3) is 0.333. The van der Waals surface area contributed by atoms with Gasteiger partial charge < -0.3 is 5.32 Å². The normalized spacial score (nSPS) is 11.4. The van der Waals surface area contributed by atoms with E-state index in [2.05, 4.69) is 63.3 Å². The van der Waals surface area contributed by atoms with Gasteiger partial charge in [-0.15, -0.1) is 0 Å². The Balaban J connectivity index is 2.04. The van der Waals surface area contributed by atoms with Gasteiger partial charge in [0.05, 0.1) is 0 Å². The highest BCUT2D eigenvalue weighted by Gasteiger charge is 2.12. The van der Waals surface area contributed by atoms with Crippen molar-refractivity contribution in [3.8, 4) is 0 Å². The first-order chi connectivity index (χ1) is 9.36. The predicted octanol–water partition coefficient (Wildman–Crippen LogP) is 5.56. The van der Waals surface area contributed by atoms with E-state index in [0.29, 0.717) is 0 Å². The van der Waals surface area contributed by atoms with Gasteiger partial charge in [0.25, 0.3) is 0 Å². The number of hydrogen-bond acceptors (Lipinski definition) is 1. The van der Waals surface area contributed by atoms with Crippen LogP contribution in [0.4, 0.5) is 5.69 Å². The Morgan fingerprint density at radius 3 is 2.20 bits per heavy atom. The van der Waals surface area contributed by atoms with Crippen molar-refractivity contribution >= 4 is 17.3 Å². The quantitative estimate of drug-likeness (QED) is 0.779. The lowest BCUT2D eigenvalue weighted by Crippen LogP contribution is -2.10. The summed E-state index contributed by atoms with van der Waals surface area (Å²) in [6.07, 6.45) is 0. The maximum atomic E-state index is 5.97. The van der Waals surface area contributed by atoms with E-state index in [0.717, 1.165) is 17.3 Å². The lowest BCUT2D eigenvalue weighted by molar-refractivity contribution is 0.590. The molecule has 0 heterocycles. The summed E-state index contributed by atoms with van der Waals surface area (Å²) in [5, 5.41) is 4.25. The molecule has 0 unspecified atom stereocenters. The summed E-state index contributed by atoms with van der Waals surface area (Å²) in [5.74, 6) is 0. The Morgan fingerprint density at radius 1 is 1.00 bits per heavy atom. The number of anilines is 1. The fourth-order valence-corrected chi connectivity index (χ4v) is 2.37. The van der Waals surface area contributed by atoms with Crippen molar-refractivity contribution in [2.24, 2.45) is 0 Å². The monoisotopic (exact) mass is 287 g/mol. The van der Waals surface area contributed by atoms with Gasteiger partial charge in [0.1, 0.15) is 0 Å². The summed E-state index contributed by atoms with van der Waals surface area (Å²) in [7, 11) is 0. The second-order valence-electron chi connectivity index (χ2n) is 6.25. The Bertz CT molecular complexity index is 579. The number of aryl methyl sites for hydroxylation is 1. The van der Waals surface area contributed by atoms with E-state index in [4.69, 9.17) is 11.6 Å². The Kier molecular flexibility index (Phi) is 4.39. The van der Waals surface area contributed by atoms with Gasteiger partial charge >= 0.3 is 0 Å². The third kappa shape index (κ3) is 3.77. The summed E-state index contributed by atoms with van der Waals surface area (Å²) < 4.78 is 0. The van der Waals surface area contributed by atoms with E-state index in [1.54, 1.807) is 0 Å². The zero-order valence-corrected chi connectivity index (χ0v) is 13.4. The van der Waals surface area contributed by atoms with Gasteiger partial charge in [-0.2, -0.15) is 0 Å². The molecule has 0 aliphatic heterocycles. The van der Waals surface area contributed by atoms with E-state index >= 15 is 0 Å². The molecule has 0 aliphatic carbocycles. The van der Waals surface area contributed by atoms with Crippen LogP contribution in [0.1, 0.15) is 37.5 Å². The molecule has 0 atom stereocenters. The summed E-state index contributed by atoms with van der Waals surface area (Å²) >= 11 is 5.97. The first-order valence-corrected chi connectivity index (χ1v) is 7.33.